The second-order valence-corrected chi connectivity index (χ2v) is 12.6. The Balaban J connectivity index is 1.92. The number of carbonyl (C=O) groups is 2. The molecular formula is C27H31F6N3O5S. The minimum atomic E-state index is -5.25. The fourth-order valence-corrected chi connectivity index (χ4v) is 5.77. The van der Waals surface area contributed by atoms with Gasteiger partial charge in [0, 0.05) is 12.6 Å². The van der Waals surface area contributed by atoms with Crippen LogP contribution in [0.5, 0.6) is 0 Å². The SMILES string of the molecule is C[C@@H](NS(=O)(=O)c1cc(C(F)(F)F)cc(C(F)(F)F)c1)[C@@H](NC(=O)[C@@H]1CCCN1C(=O)OC(C)(C)C)c1ccccc1. The molecule has 2 N–H and O–H groups in total. The van der Waals surface area contributed by atoms with E-state index in [2.05, 4.69) is 10.0 Å². The number of amides is 2. The van der Waals surface area contributed by atoms with Crippen molar-refractivity contribution in [1.29, 1.82) is 0 Å². The van der Waals surface area contributed by atoms with Gasteiger partial charge in [0.1, 0.15) is 11.6 Å². The van der Waals surface area contributed by atoms with Crippen molar-refractivity contribution in [2.24, 2.45) is 0 Å². The number of carbonyl (C=O) groups excluding carboxylic acids is 2. The molecule has 42 heavy (non-hydrogen) atoms. The minimum Gasteiger partial charge on any atom is -0.444 e. The fourth-order valence-electron chi connectivity index (χ4n) is 4.45. The fraction of sp³-hybridized carbons (Fsp3) is 0.481. The normalized spacial score (nSPS) is 18.0. The highest BCUT2D eigenvalue weighted by molar-refractivity contribution is 7.89. The quantitative estimate of drug-likeness (QED) is 0.388. The summed E-state index contributed by atoms with van der Waals surface area (Å²) in [6, 6.07) is 4.67. The predicted molar refractivity (Wildman–Crippen MR) is 140 cm³/mol. The van der Waals surface area contributed by atoms with Gasteiger partial charge in [-0.25, -0.2) is 17.9 Å². The Bertz CT molecular complexity index is 1360. The first-order chi connectivity index (χ1) is 19.2. The predicted octanol–water partition coefficient (Wildman–Crippen LogP) is 5.65. The van der Waals surface area contributed by atoms with Crippen LogP contribution in [-0.2, 0) is 31.9 Å². The topological polar surface area (TPSA) is 105 Å². The lowest BCUT2D eigenvalue weighted by molar-refractivity contribution is -0.143. The van der Waals surface area contributed by atoms with Crippen molar-refractivity contribution in [3.8, 4) is 0 Å². The van der Waals surface area contributed by atoms with Crippen LogP contribution in [0.3, 0.4) is 0 Å². The molecule has 232 valence electrons. The van der Waals surface area contributed by atoms with Crippen LogP contribution in [0.15, 0.2) is 53.4 Å². The highest BCUT2D eigenvalue weighted by Crippen LogP contribution is 2.37. The molecule has 1 aliphatic heterocycles. The lowest BCUT2D eigenvalue weighted by atomic mass is 10.0. The molecule has 2 amide bonds. The third kappa shape index (κ3) is 8.37. The van der Waals surface area contributed by atoms with Gasteiger partial charge < -0.3 is 10.1 Å². The van der Waals surface area contributed by atoms with Crippen molar-refractivity contribution in [1.82, 2.24) is 14.9 Å². The molecule has 0 unspecified atom stereocenters. The molecule has 0 saturated carbocycles. The van der Waals surface area contributed by atoms with Gasteiger partial charge in [0.2, 0.25) is 15.9 Å². The highest BCUT2D eigenvalue weighted by Gasteiger charge is 2.40. The third-order valence-corrected chi connectivity index (χ3v) is 7.89. The third-order valence-electron chi connectivity index (χ3n) is 6.35. The summed E-state index contributed by atoms with van der Waals surface area (Å²) >= 11 is 0. The standard InChI is InChI=1S/C27H31F6N3O5S/c1-16(35-42(39,40)20-14-18(26(28,29)30)13-19(15-20)27(31,32)33)22(17-9-6-5-7-10-17)34-23(37)21-11-8-12-36(21)24(38)41-25(2,3)4/h5-7,9-10,13-16,21-22,35H,8,11-12H2,1-4H3,(H,34,37)/t16-,21+,22-/m1/s1. The molecule has 2 aromatic rings. The highest BCUT2D eigenvalue weighted by atomic mass is 32.2. The van der Waals surface area contributed by atoms with Crippen LogP contribution in [0.1, 0.15) is 63.3 Å². The second kappa shape index (κ2) is 12.1. The van der Waals surface area contributed by atoms with E-state index in [0.717, 1.165) is 0 Å². The van der Waals surface area contributed by atoms with Gasteiger partial charge in [-0.3, -0.25) is 9.69 Å². The molecule has 0 radical (unpaired) electrons. The van der Waals surface area contributed by atoms with Gasteiger partial charge in [-0.05, 0) is 64.3 Å². The van der Waals surface area contributed by atoms with E-state index in [4.69, 9.17) is 4.74 Å². The molecule has 3 rings (SSSR count). The Morgan fingerprint density at radius 1 is 0.952 bits per heavy atom. The summed E-state index contributed by atoms with van der Waals surface area (Å²) in [6.45, 7) is 6.53. The molecule has 0 aliphatic carbocycles. The molecule has 1 aliphatic rings. The Labute approximate surface area is 239 Å². The van der Waals surface area contributed by atoms with Crippen molar-refractivity contribution >= 4 is 22.0 Å². The summed E-state index contributed by atoms with van der Waals surface area (Å²) in [7, 11) is -4.96. The van der Waals surface area contributed by atoms with Crippen LogP contribution < -0.4 is 10.0 Å². The molecule has 1 saturated heterocycles. The van der Waals surface area contributed by atoms with E-state index in [9.17, 15) is 44.3 Å². The zero-order chi connectivity index (χ0) is 31.7. The number of likely N-dealkylation sites (tertiary alicyclic amines) is 1. The van der Waals surface area contributed by atoms with Crippen LogP contribution in [0.4, 0.5) is 31.1 Å². The van der Waals surface area contributed by atoms with E-state index in [1.54, 1.807) is 51.1 Å². The number of nitrogens with one attached hydrogen (secondary N) is 2. The summed E-state index contributed by atoms with van der Waals surface area (Å²) < 4.78 is 114. The van der Waals surface area contributed by atoms with E-state index >= 15 is 0 Å². The van der Waals surface area contributed by atoms with Crippen LogP contribution in [0, 0.1) is 0 Å². The maximum atomic E-state index is 13.4. The van der Waals surface area contributed by atoms with E-state index in [-0.39, 0.29) is 31.2 Å². The molecule has 1 heterocycles. The molecule has 15 heteroatoms. The summed E-state index contributed by atoms with van der Waals surface area (Å²) in [5.74, 6) is -0.642. The van der Waals surface area contributed by atoms with Crippen LogP contribution in [0.2, 0.25) is 0 Å². The average Bonchev–Trinajstić information content (AvgIpc) is 3.35. The smallest absolute Gasteiger partial charge is 0.416 e. The second-order valence-electron chi connectivity index (χ2n) is 10.9. The van der Waals surface area contributed by atoms with Crippen molar-refractivity contribution in [3.05, 3.63) is 65.2 Å². The maximum absolute atomic E-state index is 13.4. The summed E-state index contributed by atoms with van der Waals surface area (Å²) in [4.78, 5) is 26.1. The number of hydrogen-bond donors (Lipinski definition) is 2. The summed E-state index contributed by atoms with van der Waals surface area (Å²) in [5.41, 5.74) is -4.01. The van der Waals surface area contributed by atoms with Crippen molar-refractivity contribution in [3.63, 3.8) is 0 Å². The first kappa shape index (κ1) is 33.2. The van der Waals surface area contributed by atoms with Crippen LogP contribution in [-0.4, -0.2) is 49.5 Å². The Hall–Kier alpha value is -3.33. The van der Waals surface area contributed by atoms with Gasteiger partial charge in [-0.15, -0.1) is 0 Å². The lowest BCUT2D eigenvalue weighted by Crippen LogP contribution is -2.51. The molecular weight excluding hydrogens is 592 g/mol. The first-order valence-electron chi connectivity index (χ1n) is 12.9. The van der Waals surface area contributed by atoms with Gasteiger partial charge in [0.15, 0.2) is 0 Å². The van der Waals surface area contributed by atoms with Crippen LogP contribution >= 0.6 is 0 Å². The van der Waals surface area contributed by atoms with Crippen molar-refractivity contribution in [2.45, 2.75) is 81.5 Å². The van der Waals surface area contributed by atoms with Gasteiger partial charge in [0.25, 0.3) is 0 Å². The van der Waals surface area contributed by atoms with E-state index < -0.39 is 74.1 Å². The number of alkyl halides is 6. The Kier molecular flexibility index (Phi) is 9.57. The Morgan fingerprint density at radius 2 is 1.50 bits per heavy atom. The number of sulfonamides is 1. The van der Waals surface area contributed by atoms with Gasteiger partial charge in [-0.1, -0.05) is 30.3 Å². The molecule has 8 nitrogen and oxygen atoms in total. The van der Waals surface area contributed by atoms with E-state index in [1.807, 2.05) is 0 Å². The first-order valence-corrected chi connectivity index (χ1v) is 14.3. The average molecular weight is 624 g/mol. The molecule has 0 spiro atoms. The van der Waals surface area contributed by atoms with E-state index in [1.165, 1.54) is 11.8 Å². The number of halogens is 6. The van der Waals surface area contributed by atoms with Gasteiger partial charge in [0.05, 0.1) is 22.1 Å². The molecule has 0 bridgehead atoms. The number of ether oxygens (including phenoxy) is 1. The molecule has 2 aromatic carbocycles. The zero-order valence-electron chi connectivity index (χ0n) is 23.1. The number of hydrogen-bond acceptors (Lipinski definition) is 5. The summed E-state index contributed by atoms with van der Waals surface area (Å²) in [5, 5.41) is 2.69. The Morgan fingerprint density at radius 3 is 2.00 bits per heavy atom. The molecule has 1 fully saturated rings. The minimum absolute atomic E-state index is 0.109. The van der Waals surface area contributed by atoms with Gasteiger partial charge >= 0.3 is 18.4 Å². The van der Waals surface area contributed by atoms with Crippen molar-refractivity contribution in [2.75, 3.05) is 6.54 Å². The zero-order valence-corrected chi connectivity index (χ0v) is 24.0. The van der Waals surface area contributed by atoms with Crippen molar-refractivity contribution < 1.29 is 49.1 Å². The van der Waals surface area contributed by atoms with E-state index in [0.29, 0.717) is 12.0 Å². The molecule has 0 aromatic heterocycles. The monoisotopic (exact) mass is 623 g/mol. The largest absolute Gasteiger partial charge is 0.444 e. The number of nitrogens with zero attached hydrogens (tertiary/aromatic N) is 1. The maximum Gasteiger partial charge on any atom is 0.416 e. The van der Waals surface area contributed by atoms with Crippen LogP contribution in [0.25, 0.3) is 0 Å². The van der Waals surface area contributed by atoms with Gasteiger partial charge in [-0.2, -0.15) is 26.3 Å². The lowest BCUT2D eigenvalue weighted by Gasteiger charge is -2.31. The number of rotatable bonds is 7. The number of benzene rings is 2. The molecule has 3 atom stereocenters. The summed E-state index contributed by atoms with van der Waals surface area (Å²) in [6.07, 6.45) is -10.4.